The van der Waals surface area contributed by atoms with Crippen LogP contribution in [0.2, 0.25) is 0 Å². The Morgan fingerprint density at radius 1 is 0.929 bits per heavy atom. The van der Waals surface area contributed by atoms with Crippen molar-refractivity contribution in [1.29, 1.82) is 0 Å². The highest BCUT2D eigenvalue weighted by atomic mass is 15.2. The lowest BCUT2D eigenvalue weighted by molar-refractivity contribution is 0.402. The first-order valence-corrected chi connectivity index (χ1v) is 11.0. The third-order valence-corrected chi connectivity index (χ3v) is 6.34. The van der Waals surface area contributed by atoms with Crippen LogP contribution in [0, 0.1) is 5.92 Å². The molecule has 0 spiro atoms. The summed E-state index contributed by atoms with van der Waals surface area (Å²) in [6.07, 6.45) is 12.9. The van der Waals surface area contributed by atoms with Gasteiger partial charge in [0.25, 0.3) is 0 Å². The second-order valence-corrected chi connectivity index (χ2v) is 8.41. The van der Waals surface area contributed by atoms with E-state index >= 15 is 0 Å². The second-order valence-electron chi connectivity index (χ2n) is 8.41. The molecule has 2 aliphatic rings. The average molecular weight is 380 g/mol. The Labute approximate surface area is 168 Å². The van der Waals surface area contributed by atoms with Gasteiger partial charge in [-0.05, 0) is 43.6 Å². The number of rotatable bonds is 5. The maximum atomic E-state index is 6.50. The number of benzene rings is 1. The molecule has 0 bridgehead atoms. The van der Waals surface area contributed by atoms with Crippen LogP contribution in [-0.4, -0.2) is 29.1 Å². The third kappa shape index (κ3) is 4.75. The van der Waals surface area contributed by atoms with Gasteiger partial charge in [-0.3, -0.25) is 0 Å². The predicted octanol–water partition coefficient (Wildman–Crippen LogP) is 4.65. The average Bonchev–Trinajstić information content (AvgIpc) is 3.00. The summed E-state index contributed by atoms with van der Waals surface area (Å²) in [5.41, 5.74) is 8.66. The molecule has 2 aromatic rings. The standard InChI is InChI=1S/C23H33N5/c24-21-22(27-20-10-6-1-2-7-11-20)25-17-26-23(21)28-14-12-19(13-15-28)16-18-8-4-3-5-9-18/h3-5,8-9,17,19-20H,1-2,6-7,10-16,24H2,(H,25,26,27). The van der Waals surface area contributed by atoms with Gasteiger partial charge in [0.2, 0.25) is 0 Å². The zero-order valence-corrected chi connectivity index (χ0v) is 16.8. The Morgan fingerprint density at radius 3 is 2.36 bits per heavy atom. The lowest BCUT2D eigenvalue weighted by Crippen LogP contribution is -2.35. The topological polar surface area (TPSA) is 67.1 Å². The molecule has 1 aromatic heterocycles. The van der Waals surface area contributed by atoms with Crippen molar-refractivity contribution in [3.63, 3.8) is 0 Å². The molecule has 0 unspecified atom stereocenters. The quantitative estimate of drug-likeness (QED) is 0.740. The van der Waals surface area contributed by atoms with Crippen LogP contribution in [0.4, 0.5) is 17.3 Å². The molecular weight excluding hydrogens is 346 g/mol. The SMILES string of the molecule is Nc1c(NC2CCCCCC2)ncnc1N1CCC(Cc2ccccc2)CC1. The Balaban J connectivity index is 1.37. The van der Waals surface area contributed by atoms with E-state index in [4.69, 9.17) is 5.73 Å². The molecule has 0 atom stereocenters. The highest BCUT2D eigenvalue weighted by molar-refractivity contribution is 5.75. The Hall–Kier alpha value is -2.30. The van der Waals surface area contributed by atoms with E-state index in [2.05, 4.69) is 50.5 Å². The maximum Gasteiger partial charge on any atom is 0.157 e. The van der Waals surface area contributed by atoms with Crippen molar-refractivity contribution in [3.8, 4) is 0 Å². The summed E-state index contributed by atoms with van der Waals surface area (Å²) in [4.78, 5) is 11.3. The van der Waals surface area contributed by atoms with Crippen molar-refractivity contribution in [2.75, 3.05) is 29.0 Å². The van der Waals surface area contributed by atoms with E-state index < -0.39 is 0 Å². The first-order valence-electron chi connectivity index (χ1n) is 11.0. The number of nitrogens with one attached hydrogen (secondary N) is 1. The van der Waals surface area contributed by atoms with Gasteiger partial charge in [0.15, 0.2) is 11.6 Å². The molecular formula is C23H33N5. The van der Waals surface area contributed by atoms with Gasteiger partial charge in [-0.15, -0.1) is 0 Å². The second kappa shape index (κ2) is 9.26. The minimum atomic E-state index is 0.490. The largest absolute Gasteiger partial charge is 0.393 e. The fourth-order valence-corrected chi connectivity index (χ4v) is 4.67. The summed E-state index contributed by atoms with van der Waals surface area (Å²) in [5, 5.41) is 3.61. The van der Waals surface area contributed by atoms with Crippen molar-refractivity contribution in [3.05, 3.63) is 42.2 Å². The van der Waals surface area contributed by atoms with Gasteiger partial charge in [0.05, 0.1) is 0 Å². The third-order valence-electron chi connectivity index (χ3n) is 6.34. The summed E-state index contributed by atoms with van der Waals surface area (Å²) >= 11 is 0. The van der Waals surface area contributed by atoms with Crippen LogP contribution < -0.4 is 16.0 Å². The molecule has 5 nitrogen and oxygen atoms in total. The fraction of sp³-hybridized carbons (Fsp3) is 0.565. The number of hydrogen-bond acceptors (Lipinski definition) is 5. The molecule has 150 valence electrons. The smallest absolute Gasteiger partial charge is 0.157 e. The summed E-state index contributed by atoms with van der Waals surface area (Å²) in [5.74, 6) is 2.47. The van der Waals surface area contributed by atoms with Crippen LogP contribution in [0.3, 0.4) is 0 Å². The first-order chi connectivity index (χ1) is 13.8. The van der Waals surface area contributed by atoms with Crippen molar-refractivity contribution >= 4 is 17.3 Å². The van der Waals surface area contributed by atoms with E-state index in [1.165, 1.54) is 63.4 Å². The van der Waals surface area contributed by atoms with E-state index in [1.807, 2.05) is 0 Å². The van der Waals surface area contributed by atoms with E-state index in [9.17, 15) is 0 Å². The van der Waals surface area contributed by atoms with Crippen LogP contribution in [0.1, 0.15) is 56.9 Å². The van der Waals surface area contributed by atoms with E-state index in [-0.39, 0.29) is 0 Å². The number of nitrogens with two attached hydrogens (primary N) is 1. The molecule has 3 N–H and O–H groups in total. The Bertz CT molecular complexity index is 732. The number of hydrogen-bond donors (Lipinski definition) is 2. The molecule has 2 fully saturated rings. The van der Waals surface area contributed by atoms with Crippen molar-refractivity contribution in [2.24, 2.45) is 5.92 Å². The fourth-order valence-electron chi connectivity index (χ4n) is 4.67. The van der Waals surface area contributed by atoms with Crippen LogP contribution in [0.5, 0.6) is 0 Å². The highest BCUT2D eigenvalue weighted by Gasteiger charge is 2.23. The lowest BCUT2D eigenvalue weighted by atomic mass is 9.90. The molecule has 1 saturated heterocycles. The Kier molecular flexibility index (Phi) is 6.30. The van der Waals surface area contributed by atoms with E-state index in [1.54, 1.807) is 6.33 Å². The molecule has 28 heavy (non-hydrogen) atoms. The van der Waals surface area contributed by atoms with Gasteiger partial charge in [0, 0.05) is 19.1 Å². The van der Waals surface area contributed by atoms with Crippen molar-refractivity contribution < 1.29 is 0 Å². The molecule has 1 aromatic carbocycles. The zero-order valence-electron chi connectivity index (χ0n) is 16.8. The van der Waals surface area contributed by atoms with Crippen LogP contribution in [0.15, 0.2) is 36.7 Å². The summed E-state index contributed by atoms with van der Waals surface area (Å²) in [6.45, 7) is 2.03. The molecule has 1 aliphatic carbocycles. The zero-order chi connectivity index (χ0) is 19.2. The normalized spacial score (nSPS) is 19.4. The summed E-state index contributed by atoms with van der Waals surface area (Å²) < 4.78 is 0. The highest BCUT2D eigenvalue weighted by Crippen LogP contribution is 2.32. The summed E-state index contributed by atoms with van der Waals surface area (Å²) in [7, 11) is 0. The molecule has 1 aliphatic heterocycles. The minimum Gasteiger partial charge on any atom is -0.393 e. The molecule has 5 heteroatoms. The number of anilines is 3. The number of nitrogen functional groups attached to an aromatic ring is 1. The van der Waals surface area contributed by atoms with Crippen LogP contribution >= 0.6 is 0 Å². The van der Waals surface area contributed by atoms with Crippen molar-refractivity contribution in [1.82, 2.24) is 9.97 Å². The maximum absolute atomic E-state index is 6.50. The van der Waals surface area contributed by atoms with Gasteiger partial charge < -0.3 is 16.0 Å². The Morgan fingerprint density at radius 2 is 1.64 bits per heavy atom. The monoisotopic (exact) mass is 379 g/mol. The van der Waals surface area contributed by atoms with Gasteiger partial charge >= 0.3 is 0 Å². The predicted molar refractivity (Wildman–Crippen MR) is 117 cm³/mol. The van der Waals surface area contributed by atoms with Crippen LogP contribution in [-0.2, 0) is 6.42 Å². The van der Waals surface area contributed by atoms with Crippen molar-refractivity contribution in [2.45, 2.75) is 63.8 Å². The van der Waals surface area contributed by atoms with Gasteiger partial charge in [-0.25, -0.2) is 9.97 Å². The number of aromatic nitrogens is 2. The van der Waals surface area contributed by atoms with Crippen LogP contribution in [0.25, 0.3) is 0 Å². The number of nitrogens with zero attached hydrogens (tertiary/aromatic N) is 3. The minimum absolute atomic E-state index is 0.490. The van der Waals surface area contributed by atoms with Gasteiger partial charge in [0.1, 0.15) is 12.0 Å². The summed E-state index contributed by atoms with van der Waals surface area (Å²) in [6, 6.07) is 11.3. The first kappa shape index (κ1) is 19.0. The molecule has 4 rings (SSSR count). The number of piperidine rings is 1. The molecule has 2 heterocycles. The lowest BCUT2D eigenvalue weighted by Gasteiger charge is -2.33. The van der Waals surface area contributed by atoms with Gasteiger partial charge in [-0.2, -0.15) is 0 Å². The molecule has 1 saturated carbocycles. The van der Waals surface area contributed by atoms with E-state index in [0.29, 0.717) is 11.7 Å². The van der Waals surface area contributed by atoms with E-state index in [0.717, 1.165) is 30.6 Å². The molecule has 0 radical (unpaired) electrons. The molecule has 0 amide bonds. The van der Waals surface area contributed by atoms with Gasteiger partial charge in [-0.1, -0.05) is 56.0 Å².